The zero-order valence-electron chi connectivity index (χ0n) is 13.8. The van der Waals surface area contributed by atoms with E-state index in [1.54, 1.807) is 42.6 Å². The first-order valence-corrected chi connectivity index (χ1v) is 7.73. The average Bonchev–Trinajstić information content (AvgIpc) is 2.60. The summed E-state index contributed by atoms with van der Waals surface area (Å²) in [7, 11) is 0. The number of carbonyl (C=O) groups excluding carboxylic acids is 2. The summed E-state index contributed by atoms with van der Waals surface area (Å²) in [5.41, 5.74) is 0.830. The number of carbonyl (C=O) groups is 2. The van der Waals surface area contributed by atoms with Crippen molar-refractivity contribution in [3.63, 3.8) is 0 Å². The Morgan fingerprint density at radius 1 is 1.12 bits per heavy atom. The molecule has 0 aromatic heterocycles. The van der Waals surface area contributed by atoms with E-state index in [0.717, 1.165) is 0 Å². The first-order chi connectivity index (χ1) is 12.3. The minimum absolute atomic E-state index is 0.0170. The number of halogens is 3. The Kier molecular flexibility index (Phi) is 6.16. The quantitative estimate of drug-likeness (QED) is 0.608. The van der Waals surface area contributed by atoms with Gasteiger partial charge in [-0.3, -0.25) is 9.59 Å². The second-order valence-electron chi connectivity index (χ2n) is 5.20. The van der Waals surface area contributed by atoms with Gasteiger partial charge >= 0.3 is 12.1 Å². The molecule has 4 nitrogen and oxygen atoms in total. The second kappa shape index (κ2) is 8.33. The normalized spacial score (nSPS) is 11.4. The number of allylic oxidation sites excluding steroid dienone is 1. The number of anilines is 1. The maximum absolute atomic E-state index is 12.3. The summed E-state index contributed by atoms with van der Waals surface area (Å²) in [4.78, 5) is 23.3. The molecule has 0 bridgehead atoms. The zero-order valence-corrected chi connectivity index (χ0v) is 13.8. The van der Waals surface area contributed by atoms with Crippen molar-refractivity contribution in [3.05, 3.63) is 65.7 Å². The predicted octanol–water partition coefficient (Wildman–Crippen LogP) is 4.48. The van der Waals surface area contributed by atoms with Crippen LogP contribution in [0.5, 0.6) is 5.75 Å². The Hall–Kier alpha value is -3.09. The Morgan fingerprint density at radius 3 is 2.54 bits per heavy atom. The lowest BCUT2D eigenvalue weighted by Gasteiger charge is -2.08. The number of nitrogens with one attached hydrogen (secondary N) is 1. The zero-order chi connectivity index (χ0) is 19.2. The first kappa shape index (κ1) is 19.2. The van der Waals surface area contributed by atoms with Crippen molar-refractivity contribution in [3.8, 4) is 5.75 Å². The van der Waals surface area contributed by atoms with Crippen LogP contribution in [0, 0.1) is 0 Å². The molecule has 1 N–H and O–H groups in total. The van der Waals surface area contributed by atoms with E-state index in [2.05, 4.69) is 0 Å². The summed E-state index contributed by atoms with van der Waals surface area (Å²) >= 11 is 0. The van der Waals surface area contributed by atoms with E-state index in [0.29, 0.717) is 23.5 Å². The van der Waals surface area contributed by atoms with E-state index < -0.39 is 12.1 Å². The van der Waals surface area contributed by atoms with E-state index in [4.69, 9.17) is 4.74 Å². The van der Waals surface area contributed by atoms with Crippen LogP contribution in [-0.4, -0.2) is 24.5 Å². The summed E-state index contributed by atoms with van der Waals surface area (Å²) in [5, 5.41) is 1.76. The van der Waals surface area contributed by atoms with Crippen molar-refractivity contribution >= 4 is 23.5 Å². The SMILES string of the molecule is CCOc1ccccc1C(=O)C=Cc1cccc(NC(=O)C(F)(F)F)c1. The lowest BCUT2D eigenvalue weighted by molar-refractivity contribution is -0.167. The second-order valence-corrected chi connectivity index (χ2v) is 5.20. The number of ketones is 1. The molecular weight excluding hydrogens is 347 g/mol. The molecule has 0 saturated carbocycles. The van der Waals surface area contributed by atoms with Crippen LogP contribution < -0.4 is 10.1 Å². The van der Waals surface area contributed by atoms with Crippen molar-refractivity contribution in [2.45, 2.75) is 13.1 Å². The van der Waals surface area contributed by atoms with Gasteiger partial charge in [0.1, 0.15) is 5.75 Å². The number of rotatable bonds is 6. The van der Waals surface area contributed by atoms with Crippen molar-refractivity contribution in [2.24, 2.45) is 0 Å². The average molecular weight is 363 g/mol. The molecule has 0 fully saturated rings. The standard InChI is InChI=1S/C19H16F3NO3/c1-2-26-17-9-4-3-8-15(17)16(24)11-10-13-6-5-7-14(12-13)23-18(25)19(20,21)22/h3-12H,2H2,1H3,(H,23,25). The van der Waals surface area contributed by atoms with Crippen LogP contribution in [0.4, 0.5) is 18.9 Å². The van der Waals surface area contributed by atoms with Gasteiger partial charge in [-0.05, 0) is 42.8 Å². The fourth-order valence-electron chi connectivity index (χ4n) is 2.14. The fraction of sp³-hybridized carbons (Fsp3) is 0.158. The van der Waals surface area contributed by atoms with E-state index >= 15 is 0 Å². The van der Waals surface area contributed by atoms with Gasteiger partial charge in [0.2, 0.25) is 0 Å². The van der Waals surface area contributed by atoms with Gasteiger partial charge in [-0.15, -0.1) is 0 Å². The summed E-state index contributed by atoms with van der Waals surface area (Å²) in [5.74, 6) is -1.91. The van der Waals surface area contributed by atoms with Gasteiger partial charge in [0, 0.05) is 5.69 Å². The van der Waals surface area contributed by atoms with Gasteiger partial charge in [0.15, 0.2) is 5.78 Å². The molecule has 0 unspecified atom stereocenters. The number of para-hydroxylation sites is 1. The predicted molar refractivity (Wildman–Crippen MR) is 92.1 cm³/mol. The number of amides is 1. The van der Waals surface area contributed by atoms with Crippen molar-refractivity contribution in [1.82, 2.24) is 0 Å². The van der Waals surface area contributed by atoms with Gasteiger partial charge in [-0.1, -0.05) is 30.3 Å². The summed E-state index contributed by atoms with van der Waals surface area (Å²) in [6.07, 6.45) is -2.22. The van der Waals surface area contributed by atoms with Gasteiger partial charge < -0.3 is 10.1 Å². The highest BCUT2D eigenvalue weighted by Gasteiger charge is 2.38. The molecule has 2 aromatic carbocycles. The first-order valence-electron chi connectivity index (χ1n) is 7.73. The Morgan fingerprint density at radius 2 is 1.85 bits per heavy atom. The minimum Gasteiger partial charge on any atom is -0.493 e. The van der Waals surface area contributed by atoms with Crippen LogP contribution in [0.1, 0.15) is 22.8 Å². The molecule has 26 heavy (non-hydrogen) atoms. The number of hydrogen-bond acceptors (Lipinski definition) is 3. The third-order valence-electron chi connectivity index (χ3n) is 3.28. The van der Waals surface area contributed by atoms with Crippen molar-refractivity contribution in [1.29, 1.82) is 0 Å². The van der Waals surface area contributed by atoms with Gasteiger partial charge in [0.25, 0.3) is 0 Å². The Labute approximate surface area is 148 Å². The number of benzene rings is 2. The third-order valence-corrected chi connectivity index (χ3v) is 3.28. The van der Waals surface area contributed by atoms with E-state index in [9.17, 15) is 22.8 Å². The summed E-state index contributed by atoms with van der Waals surface area (Å²) < 4.78 is 42.3. The topological polar surface area (TPSA) is 55.4 Å². The molecule has 0 aliphatic carbocycles. The van der Waals surface area contributed by atoms with Gasteiger partial charge in [0.05, 0.1) is 12.2 Å². The number of ether oxygens (including phenoxy) is 1. The molecule has 0 aliphatic rings. The fourth-order valence-corrected chi connectivity index (χ4v) is 2.14. The number of hydrogen-bond donors (Lipinski definition) is 1. The molecule has 1 amide bonds. The van der Waals surface area contributed by atoms with Crippen LogP contribution in [-0.2, 0) is 4.79 Å². The Balaban J connectivity index is 2.15. The van der Waals surface area contributed by atoms with E-state index in [1.165, 1.54) is 30.4 Å². The van der Waals surface area contributed by atoms with Crippen LogP contribution in [0.15, 0.2) is 54.6 Å². The lowest BCUT2D eigenvalue weighted by atomic mass is 10.1. The molecule has 0 radical (unpaired) electrons. The Bertz CT molecular complexity index is 829. The molecule has 136 valence electrons. The molecular formula is C19H16F3NO3. The third kappa shape index (κ3) is 5.20. The van der Waals surface area contributed by atoms with Crippen LogP contribution >= 0.6 is 0 Å². The molecule has 0 spiro atoms. The van der Waals surface area contributed by atoms with E-state index in [-0.39, 0.29) is 11.5 Å². The van der Waals surface area contributed by atoms with Crippen molar-refractivity contribution in [2.75, 3.05) is 11.9 Å². The summed E-state index contributed by atoms with van der Waals surface area (Å²) in [6, 6.07) is 12.5. The molecule has 2 rings (SSSR count). The van der Waals surface area contributed by atoms with Crippen LogP contribution in [0.2, 0.25) is 0 Å². The van der Waals surface area contributed by atoms with Gasteiger partial charge in [-0.25, -0.2) is 0 Å². The minimum atomic E-state index is -4.97. The highest BCUT2D eigenvalue weighted by molar-refractivity contribution is 6.08. The molecule has 0 aliphatic heterocycles. The molecule has 0 atom stereocenters. The largest absolute Gasteiger partial charge is 0.493 e. The smallest absolute Gasteiger partial charge is 0.471 e. The monoisotopic (exact) mass is 363 g/mol. The molecule has 7 heteroatoms. The van der Waals surface area contributed by atoms with Crippen LogP contribution in [0.3, 0.4) is 0 Å². The summed E-state index contributed by atoms with van der Waals surface area (Å²) in [6.45, 7) is 2.22. The molecule has 0 saturated heterocycles. The molecule has 0 heterocycles. The maximum Gasteiger partial charge on any atom is 0.471 e. The molecule has 2 aromatic rings. The van der Waals surface area contributed by atoms with Gasteiger partial charge in [-0.2, -0.15) is 13.2 Å². The van der Waals surface area contributed by atoms with E-state index in [1.807, 2.05) is 0 Å². The highest BCUT2D eigenvalue weighted by Crippen LogP contribution is 2.21. The number of alkyl halides is 3. The van der Waals surface area contributed by atoms with Crippen molar-refractivity contribution < 1.29 is 27.5 Å². The maximum atomic E-state index is 12.3. The highest BCUT2D eigenvalue weighted by atomic mass is 19.4. The lowest BCUT2D eigenvalue weighted by Crippen LogP contribution is -2.29. The van der Waals surface area contributed by atoms with Crippen LogP contribution in [0.25, 0.3) is 6.08 Å².